The third-order valence-corrected chi connectivity index (χ3v) is 1.98. The van der Waals surface area contributed by atoms with Crippen LogP contribution in [0.1, 0.15) is 12.8 Å². The molecule has 0 aromatic heterocycles. The molecule has 1 rings (SSSR count). The number of ether oxygens (including phenoxy) is 1. The summed E-state index contributed by atoms with van der Waals surface area (Å²) in [5, 5.41) is 9.15. The summed E-state index contributed by atoms with van der Waals surface area (Å²) in [7, 11) is 0. The highest BCUT2D eigenvalue weighted by molar-refractivity contribution is 6.17. The molecule has 3 nitrogen and oxygen atoms in total. The lowest BCUT2D eigenvalue weighted by molar-refractivity contribution is -0.156. The van der Waals surface area contributed by atoms with Crippen LogP contribution >= 0.6 is 0 Å². The van der Waals surface area contributed by atoms with Crippen molar-refractivity contribution in [2.45, 2.75) is 25.0 Å². The van der Waals surface area contributed by atoms with E-state index < -0.39 is 6.10 Å². The average molecular weight is 170 g/mol. The number of rotatable bonds is 1. The van der Waals surface area contributed by atoms with Gasteiger partial charge in [-0.15, -0.1) is 0 Å². The summed E-state index contributed by atoms with van der Waals surface area (Å²) in [6.45, 7) is 0. The largest absolute Gasteiger partial charge is 0.458 e. The van der Waals surface area contributed by atoms with Gasteiger partial charge < -0.3 is 9.84 Å². The number of hydrogen-bond acceptors (Lipinski definition) is 3. The Labute approximate surface area is 73.5 Å². The molecule has 11 heavy (non-hydrogen) atoms. The molecule has 0 radical (unpaired) electrons. The number of carbonyl (C=O) groups is 1. The van der Waals surface area contributed by atoms with Gasteiger partial charge in [-0.25, -0.2) is 0 Å². The summed E-state index contributed by atoms with van der Waals surface area (Å²) in [6, 6.07) is 0. The van der Waals surface area contributed by atoms with E-state index in [9.17, 15) is 4.79 Å². The number of aliphatic hydroxyl groups excluding tert-OH is 1. The van der Waals surface area contributed by atoms with E-state index in [0.29, 0.717) is 6.42 Å². The highest BCUT2D eigenvalue weighted by Gasteiger charge is 2.24. The first-order valence-corrected chi connectivity index (χ1v) is 4.88. The van der Waals surface area contributed by atoms with Crippen molar-refractivity contribution in [3.8, 4) is 0 Å². The summed E-state index contributed by atoms with van der Waals surface area (Å²) in [6.07, 6.45) is 1.82. The number of esters is 1. The second-order valence-electron chi connectivity index (χ2n) is 2.65. The molecule has 0 bridgehead atoms. The second-order valence-corrected chi connectivity index (χ2v) is 3.31. The fourth-order valence-corrected chi connectivity index (χ4v) is 1.57. The monoisotopic (exact) mass is 170 g/mol. The van der Waals surface area contributed by atoms with Crippen LogP contribution in [0, 0.1) is 0 Å². The Hall–Kier alpha value is -0.298. The molecule has 0 aliphatic carbocycles. The van der Waals surface area contributed by atoms with E-state index in [1.165, 1.54) is 0 Å². The Balaban J connectivity index is 2.49. The summed E-state index contributed by atoms with van der Waals surface area (Å²) in [5.41, 5.74) is 0. The van der Waals surface area contributed by atoms with Crippen molar-refractivity contribution in [3.05, 3.63) is 11.0 Å². The minimum atomic E-state index is -0.515. The molecular weight excluding hydrogens is 159 g/mol. The van der Waals surface area contributed by atoms with Crippen molar-refractivity contribution >= 4 is 22.3 Å². The van der Waals surface area contributed by atoms with Gasteiger partial charge in [-0.05, 0) is 0 Å². The van der Waals surface area contributed by atoms with E-state index in [-0.39, 0.29) is 18.5 Å². The number of hydrogen-bond donors (Lipinski definition) is 1. The van der Waals surface area contributed by atoms with Crippen molar-refractivity contribution < 1.29 is 14.6 Å². The second kappa shape index (κ2) is 3.91. The molecule has 1 saturated heterocycles. The lowest BCUT2D eigenvalue weighted by atomic mass is 10.1. The summed E-state index contributed by atoms with van der Waals surface area (Å²) < 4.78 is 4.93. The Bertz CT molecular complexity index is 179. The van der Waals surface area contributed by atoms with E-state index in [2.05, 4.69) is 0 Å². The van der Waals surface area contributed by atoms with Crippen LogP contribution in [0.15, 0.2) is 11.0 Å². The van der Waals surface area contributed by atoms with E-state index in [1.54, 1.807) is 0 Å². The summed E-state index contributed by atoms with van der Waals surface area (Å²) >= 11 is 0.956. The van der Waals surface area contributed by atoms with E-state index in [0.717, 1.165) is 16.3 Å². The molecule has 1 heterocycles. The first kappa shape index (κ1) is 8.80. The normalized spacial score (nSPS) is 32.3. The van der Waals surface area contributed by atoms with Crippen molar-refractivity contribution in [2.75, 3.05) is 0 Å². The van der Waals surface area contributed by atoms with Crippen LogP contribution in [0.4, 0.5) is 0 Å². The van der Waals surface area contributed by atoms with Crippen LogP contribution in [0.25, 0.3) is 0 Å². The highest BCUT2D eigenvalue weighted by Crippen LogP contribution is 2.15. The van der Waals surface area contributed by atoms with Gasteiger partial charge in [0.05, 0.1) is 12.5 Å². The van der Waals surface area contributed by atoms with Gasteiger partial charge in [0.2, 0.25) is 16.3 Å². The SMILES string of the molecule is O=C1C[C@H](O)C[C@@H](/C=[CH]/[AlH2])O1. The quantitative estimate of drug-likeness (QED) is 0.414. The van der Waals surface area contributed by atoms with E-state index in [1.807, 2.05) is 11.0 Å². The Morgan fingerprint density at radius 3 is 3.00 bits per heavy atom. The van der Waals surface area contributed by atoms with Gasteiger partial charge in [0.1, 0.15) is 6.10 Å². The highest BCUT2D eigenvalue weighted by atomic mass is 27.0. The summed E-state index contributed by atoms with van der Waals surface area (Å²) in [5.74, 6) is -0.298. The van der Waals surface area contributed by atoms with Crippen LogP contribution in [0.3, 0.4) is 0 Å². The van der Waals surface area contributed by atoms with Crippen LogP contribution in [-0.2, 0) is 9.53 Å². The van der Waals surface area contributed by atoms with E-state index >= 15 is 0 Å². The molecule has 0 aromatic rings. The zero-order chi connectivity index (χ0) is 8.27. The standard InChI is InChI=1S/C7H9O3.Al.2H/c1-2-6-3-5(8)4-7(9)10-6;;;/h1-2,5-6,8H,3-4H2;;;/t5-,6-;;;/m1.../s1. The van der Waals surface area contributed by atoms with Crippen molar-refractivity contribution in [1.29, 1.82) is 0 Å². The van der Waals surface area contributed by atoms with Gasteiger partial charge >= 0.3 is 5.97 Å². The van der Waals surface area contributed by atoms with Crippen LogP contribution in [0.5, 0.6) is 0 Å². The Kier molecular flexibility index (Phi) is 3.13. The third-order valence-electron chi connectivity index (χ3n) is 1.60. The van der Waals surface area contributed by atoms with Crippen molar-refractivity contribution in [2.24, 2.45) is 0 Å². The van der Waals surface area contributed by atoms with Crippen LogP contribution in [0.2, 0.25) is 0 Å². The van der Waals surface area contributed by atoms with Gasteiger partial charge in [-0.1, -0.05) is 6.08 Å². The molecule has 2 atom stereocenters. The molecular formula is C7H11AlO3. The number of aliphatic hydroxyl groups is 1. The summed E-state index contributed by atoms with van der Waals surface area (Å²) in [4.78, 5) is 12.7. The molecule has 0 amide bonds. The minimum Gasteiger partial charge on any atom is -0.458 e. The molecule has 60 valence electrons. The molecule has 0 spiro atoms. The van der Waals surface area contributed by atoms with Crippen LogP contribution in [-0.4, -0.2) is 39.6 Å². The topological polar surface area (TPSA) is 46.5 Å². The average Bonchev–Trinajstić information content (AvgIpc) is 1.85. The zero-order valence-electron chi connectivity index (χ0n) is 6.49. The molecule has 1 aliphatic heterocycles. The maximum absolute atomic E-state index is 10.8. The minimum absolute atomic E-state index is 0.144. The number of carbonyl (C=O) groups excluding carboxylic acids is 1. The Morgan fingerprint density at radius 1 is 1.73 bits per heavy atom. The molecule has 0 unspecified atom stereocenters. The van der Waals surface area contributed by atoms with Gasteiger partial charge in [0, 0.05) is 6.42 Å². The molecule has 1 N–H and O–H groups in total. The fraction of sp³-hybridized carbons (Fsp3) is 0.571. The predicted molar refractivity (Wildman–Crippen MR) is 42.8 cm³/mol. The first-order chi connectivity index (χ1) is 5.22. The first-order valence-electron chi connectivity index (χ1n) is 3.72. The lowest BCUT2D eigenvalue weighted by Crippen LogP contribution is -2.31. The third kappa shape index (κ3) is 2.66. The maximum atomic E-state index is 10.8. The maximum Gasteiger partial charge on any atom is 0.309 e. The lowest BCUT2D eigenvalue weighted by Gasteiger charge is -2.23. The Morgan fingerprint density at radius 2 is 2.45 bits per heavy atom. The van der Waals surface area contributed by atoms with Gasteiger partial charge in [0.25, 0.3) is 0 Å². The van der Waals surface area contributed by atoms with E-state index in [4.69, 9.17) is 9.84 Å². The van der Waals surface area contributed by atoms with Crippen LogP contribution < -0.4 is 0 Å². The zero-order valence-corrected chi connectivity index (χ0v) is 8.49. The molecule has 1 fully saturated rings. The van der Waals surface area contributed by atoms with Gasteiger partial charge in [0.15, 0.2) is 0 Å². The molecule has 0 saturated carbocycles. The van der Waals surface area contributed by atoms with Crippen molar-refractivity contribution in [1.82, 2.24) is 0 Å². The molecule has 1 aliphatic rings. The molecule has 4 heteroatoms. The number of cyclic esters (lactones) is 1. The predicted octanol–water partition coefficient (Wildman–Crippen LogP) is -0.800. The molecule has 0 aromatic carbocycles. The fourth-order valence-electron chi connectivity index (χ4n) is 1.14. The van der Waals surface area contributed by atoms with Crippen molar-refractivity contribution in [3.63, 3.8) is 0 Å². The van der Waals surface area contributed by atoms with Gasteiger partial charge in [-0.3, -0.25) is 4.79 Å². The smallest absolute Gasteiger partial charge is 0.309 e. The van der Waals surface area contributed by atoms with Gasteiger partial charge in [-0.2, -0.15) is 4.94 Å².